The second kappa shape index (κ2) is 7.12. The molecule has 0 radical (unpaired) electrons. The van der Waals surface area contributed by atoms with Gasteiger partial charge in [0.1, 0.15) is 0 Å². The Balaban J connectivity index is 2.65. The van der Waals surface area contributed by atoms with Gasteiger partial charge in [0.2, 0.25) is 0 Å². The van der Waals surface area contributed by atoms with E-state index in [4.69, 9.17) is 10.5 Å². The summed E-state index contributed by atoms with van der Waals surface area (Å²) >= 11 is 3.60. The smallest absolute Gasteiger partial charge is 0.0644 e. The third-order valence-electron chi connectivity index (χ3n) is 2.79. The van der Waals surface area contributed by atoms with Gasteiger partial charge in [0.15, 0.2) is 0 Å². The summed E-state index contributed by atoms with van der Waals surface area (Å²) in [5.41, 5.74) is 8.16. The monoisotopic (exact) mass is 314 g/mol. The van der Waals surface area contributed by atoms with Crippen molar-refractivity contribution < 1.29 is 4.74 Å². The molecule has 0 spiro atoms. The van der Waals surface area contributed by atoms with Gasteiger partial charge in [-0.25, -0.2) is 0 Å². The first-order chi connectivity index (χ1) is 8.41. The normalized spacial score (nSPS) is 12.8. The van der Waals surface area contributed by atoms with Crippen LogP contribution in [0, 0.1) is 0 Å². The van der Waals surface area contributed by atoms with E-state index in [1.54, 1.807) is 0 Å². The summed E-state index contributed by atoms with van der Waals surface area (Å²) in [7, 11) is 2.06. The number of nitrogens with zero attached hydrogens (tertiary/aromatic N) is 1. The molecule has 3 nitrogen and oxygen atoms in total. The van der Waals surface area contributed by atoms with Gasteiger partial charge in [0.05, 0.1) is 18.4 Å². The van der Waals surface area contributed by atoms with Crippen LogP contribution in [-0.4, -0.2) is 26.3 Å². The van der Waals surface area contributed by atoms with Gasteiger partial charge >= 0.3 is 0 Å². The molecule has 0 aliphatic carbocycles. The molecule has 0 bridgehead atoms. The third-order valence-corrected chi connectivity index (χ3v) is 3.42. The molecule has 1 unspecified atom stereocenters. The summed E-state index contributed by atoms with van der Waals surface area (Å²) in [5.74, 6) is 0. The zero-order valence-corrected chi connectivity index (χ0v) is 13.2. The molecule has 1 aromatic carbocycles. The molecule has 0 aliphatic rings. The SMILES string of the molecule is CC(C)OCCN(C)c1ccc(C(C)N)cc1Br. The Morgan fingerprint density at radius 2 is 2.00 bits per heavy atom. The van der Waals surface area contributed by atoms with Crippen molar-refractivity contribution in [2.45, 2.75) is 32.9 Å². The molecule has 0 saturated heterocycles. The summed E-state index contributed by atoms with van der Waals surface area (Å²) < 4.78 is 6.63. The van der Waals surface area contributed by atoms with Crippen LogP contribution in [0.15, 0.2) is 22.7 Å². The van der Waals surface area contributed by atoms with Crippen molar-refractivity contribution in [3.05, 3.63) is 28.2 Å². The van der Waals surface area contributed by atoms with Crippen molar-refractivity contribution >= 4 is 21.6 Å². The Bertz CT molecular complexity index is 380. The fraction of sp³-hybridized carbons (Fsp3) is 0.571. The first-order valence-electron chi connectivity index (χ1n) is 6.29. The molecule has 1 rings (SSSR count). The second-order valence-corrected chi connectivity index (χ2v) is 5.69. The summed E-state index contributed by atoms with van der Waals surface area (Å²) in [5, 5.41) is 0. The Hall–Kier alpha value is -0.580. The standard InChI is InChI=1S/C14H23BrN2O/c1-10(2)18-8-7-17(4)14-6-5-12(11(3)16)9-13(14)15/h5-6,9-11H,7-8,16H2,1-4H3. The van der Waals surface area contributed by atoms with E-state index in [0.29, 0.717) is 0 Å². The van der Waals surface area contributed by atoms with Crippen molar-refractivity contribution in [1.29, 1.82) is 0 Å². The van der Waals surface area contributed by atoms with E-state index < -0.39 is 0 Å². The van der Waals surface area contributed by atoms with Gasteiger partial charge in [0.25, 0.3) is 0 Å². The van der Waals surface area contributed by atoms with Crippen LogP contribution in [0.25, 0.3) is 0 Å². The zero-order chi connectivity index (χ0) is 13.7. The number of benzene rings is 1. The van der Waals surface area contributed by atoms with Crippen LogP contribution in [0.4, 0.5) is 5.69 Å². The van der Waals surface area contributed by atoms with E-state index in [1.165, 1.54) is 0 Å². The van der Waals surface area contributed by atoms with Gasteiger partial charge in [-0.2, -0.15) is 0 Å². The lowest BCUT2D eigenvalue weighted by Crippen LogP contribution is -2.24. The fourth-order valence-electron chi connectivity index (χ4n) is 1.66. The molecular weight excluding hydrogens is 292 g/mol. The van der Waals surface area contributed by atoms with Crippen molar-refractivity contribution in [3.63, 3.8) is 0 Å². The van der Waals surface area contributed by atoms with Crippen molar-refractivity contribution in [1.82, 2.24) is 0 Å². The van der Waals surface area contributed by atoms with Crippen molar-refractivity contribution in [3.8, 4) is 0 Å². The number of nitrogens with two attached hydrogens (primary N) is 1. The largest absolute Gasteiger partial charge is 0.377 e. The van der Waals surface area contributed by atoms with Gasteiger partial charge in [-0.1, -0.05) is 6.07 Å². The highest BCUT2D eigenvalue weighted by atomic mass is 79.9. The number of hydrogen-bond donors (Lipinski definition) is 1. The van der Waals surface area contributed by atoms with Gasteiger partial charge in [-0.05, 0) is 54.4 Å². The Morgan fingerprint density at radius 1 is 1.33 bits per heavy atom. The van der Waals surface area contributed by atoms with Crippen LogP contribution in [0.1, 0.15) is 32.4 Å². The average molecular weight is 315 g/mol. The molecular formula is C14H23BrN2O. The quantitative estimate of drug-likeness (QED) is 0.875. The van der Waals surface area contributed by atoms with Crippen molar-refractivity contribution in [2.75, 3.05) is 25.1 Å². The first kappa shape index (κ1) is 15.5. The highest BCUT2D eigenvalue weighted by Crippen LogP contribution is 2.28. The van der Waals surface area contributed by atoms with Crippen LogP contribution in [0.3, 0.4) is 0 Å². The van der Waals surface area contributed by atoms with Gasteiger partial charge in [-0.3, -0.25) is 0 Å². The van der Waals surface area contributed by atoms with E-state index in [9.17, 15) is 0 Å². The number of ether oxygens (including phenoxy) is 1. The Morgan fingerprint density at radius 3 is 2.50 bits per heavy atom. The maximum Gasteiger partial charge on any atom is 0.0644 e. The van der Waals surface area contributed by atoms with E-state index in [0.717, 1.165) is 28.9 Å². The van der Waals surface area contributed by atoms with Gasteiger partial charge in [-0.15, -0.1) is 0 Å². The predicted octanol–water partition coefficient (Wildman–Crippen LogP) is 3.33. The number of hydrogen-bond acceptors (Lipinski definition) is 3. The van der Waals surface area contributed by atoms with Crippen LogP contribution in [0.5, 0.6) is 0 Å². The molecule has 0 saturated carbocycles. The second-order valence-electron chi connectivity index (χ2n) is 4.84. The Kier molecular flexibility index (Phi) is 6.12. The van der Waals surface area contributed by atoms with Crippen LogP contribution in [-0.2, 0) is 4.74 Å². The number of anilines is 1. The first-order valence-corrected chi connectivity index (χ1v) is 7.09. The van der Waals surface area contributed by atoms with Gasteiger partial charge < -0.3 is 15.4 Å². The van der Waals surface area contributed by atoms with Gasteiger partial charge in [0, 0.05) is 24.1 Å². The molecule has 0 fully saturated rings. The fourth-order valence-corrected chi connectivity index (χ4v) is 2.36. The minimum atomic E-state index is 0.0601. The number of halogens is 1. The lowest BCUT2D eigenvalue weighted by Gasteiger charge is -2.22. The average Bonchev–Trinajstić information content (AvgIpc) is 2.27. The highest BCUT2D eigenvalue weighted by molar-refractivity contribution is 9.10. The molecule has 102 valence electrons. The molecule has 0 aliphatic heterocycles. The summed E-state index contributed by atoms with van der Waals surface area (Å²) in [6.07, 6.45) is 0.280. The lowest BCUT2D eigenvalue weighted by molar-refractivity contribution is 0.0846. The topological polar surface area (TPSA) is 38.5 Å². The van der Waals surface area contributed by atoms with E-state index in [1.807, 2.05) is 20.8 Å². The summed E-state index contributed by atoms with van der Waals surface area (Å²) in [6, 6.07) is 6.31. The maximum absolute atomic E-state index is 5.87. The minimum Gasteiger partial charge on any atom is -0.377 e. The lowest BCUT2D eigenvalue weighted by atomic mass is 10.1. The number of rotatable bonds is 6. The maximum atomic E-state index is 5.87. The Labute approximate surface area is 118 Å². The molecule has 0 amide bonds. The zero-order valence-electron chi connectivity index (χ0n) is 11.6. The minimum absolute atomic E-state index is 0.0601. The molecule has 18 heavy (non-hydrogen) atoms. The van der Waals surface area contributed by atoms with E-state index >= 15 is 0 Å². The molecule has 1 atom stereocenters. The third kappa shape index (κ3) is 4.59. The highest BCUT2D eigenvalue weighted by Gasteiger charge is 2.08. The van der Waals surface area contributed by atoms with Crippen molar-refractivity contribution in [2.24, 2.45) is 5.73 Å². The van der Waals surface area contributed by atoms with Crippen LogP contribution >= 0.6 is 15.9 Å². The number of likely N-dealkylation sites (N-methyl/N-ethyl adjacent to an activating group) is 1. The summed E-state index contributed by atoms with van der Waals surface area (Å²) in [4.78, 5) is 2.18. The molecule has 1 aromatic rings. The summed E-state index contributed by atoms with van der Waals surface area (Å²) in [6.45, 7) is 7.69. The molecule has 0 aromatic heterocycles. The van der Waals surface area contributed by atoms with E-state index in [-0.39, 0.29) is 12.1 Å². The van der Waals surface area contributed by atoms with Crippen LogP contribution in [0.2, 0.25) is 0 Å². The molecule has 2 N–H and O–H groups in total. The molecule has 4 heteroatoms. The van der Waals surface area contributed by atoms with Crippen LogP contribution < -0.4 is 10.6 Å². The predicted molar refractivity (Wildman–Crippen MR) is 81.1 cm³/mol. The van der Waals surface area contributed by atoms with E-state index in [2.05, 4.69) is 46.1 Å². The molecule has 0 heterocycles.